The zero-order valence-corrected chi connectivity index (χ0v) is 16.0. The van der Waals surface area contributed by atoms with Gasteiger partial charge < -0.3 is 15.0 Å². The molecule has 6 nitrogen and oxygen atoms in total. The van der Waals surface area contributed by atoms with Crippen LogP contribution in [0.2, 0.25) is 0 Å². The normalized spacial score (nSPS) is 14.8. The summed E-state index contributed by atoms with van der Waals surface area (Å²) in [6, 6.07) is 10.8. The fraction of sp³-hybridized carbons (Fsp3) is 0.316. The van der Waals surface area contributed by atoms with E-state index in [4.69, 9.17) is 4.74 Å². The van der Waals surface area contributed by atoms with Crippen LogP contribution in [0.15, 0.2) is 47.1 Å². The van der Waals surface area contributed by atoms with Crippen molar-refractivity contribution in [3.63, 3.8) is 0 Å². The van der Waals surface area contributed by atoms with Gasteiger partial charge in [0, 0.05) is 35.2 Å². The van der Waals surface area contributed by atoms with Gasteiger partial charge >= 0.3 is 0 Å². The number of piperidine rings is 1. The number of ether oxygens (including phenoxy) is 1. The van der Waals surface area contributed by atoms with Crippen LogP contribution in [0.25, 0.3) is 0 Å². The highest BCUT2D eigenvalue weighted by Crippen LogP contribution is 2.24. The van der Waals surface area contributed by atoms with Gasteiger partial charge in [0.1, 0.15) is 0 Å². The lowest BCUT2D eigenvalue weighted by Crippen LogP contribution is -2.41. The van der Waals surface area contributed by atoms with Crippen molar-refractivity contribution >= 4 is 33.6 Å². The van der Waals surface area contributed by atoms with E-state index in [-0.39, 0.29) is 17.7 Å². The first kappa shape index (κ1) is 18.4. The first-order valence-electron chi connectivity index (χ1n) is 8.43. The monoisotopic (exact) mass is 417 g/mol. The summed E-state index contributed by atoms with van der Waals surface area (Å²) in [5.74, 6) is 0.730. The van der Waals surface area contributed by atoms with E-state index in [1.54, 1.807) is 42.5 Å². The number of hydrogen-bond donors (Lipinski definition) is 1. The zero-order chi connectivity index (χ0) is 18.5. The predicted molar refractivity (Wildman–Crippen MR) is 102 cm³/mol. The van der Waals surface area contributed by atoms with Crippen LogP contribution in [-0.4, -0.2) is 41.9 Å². The predicted octanol–water partition coefficient (Wildman–Crippen LogP) is 3.34. The van der Waals surface area contributed by atoms with Crippen LogP contribution in [0, 0.1) is 5.92 Å². The number of nitrogens with one attached hydrogen (secondary N) is 1. The van der Waals surface area contributed by atoms with Gasteiger partial charge in [-0.2, -0.15) is 0 Å². The fourth-order valence-electron chi connectivity index (χ4n) is 2.99. The van der Waals surface area contributed by atoms with E-state index >= 15 is 0 Å². The number of carbonyl (C=O) groups is 2. The van der Waals surface area contributed by atoms with E-state index in [1.165, 1.54) is 0 Å². The van der Waals surface area contributed by atoms with Gasteiger partial charge in [-0.05, 0) is 49.2 Å². The molecular weight excluding hydrogens is 398 g/mol. The molecule has 1 aliphatic rings. The lowest BCUT2D eigenvalue weighted by atomic mass is 9.95. The molecule has 0 bridgehead atoms. The summed E-state index contributed by atoms with van der Waals surface area (Å²) in [7, 11) is 1.54. The number of benzene rings is 1. The molecular formula is C19H20BrN3O3. The third kappa shape index (κ3) is 4.22. The maximum atomic E-state index is 12.5. The second-order valence-electron chi connectivity index (χ2n) is 6.12. The minimum Gasteiger partial charge on any atom is -0.493 e. The van der Waals surface area contributed by atoms with E-state index in [0.717, 1.165) is 4.47 Å². The highest BCUT2D eigenvalue weighted by atomic mass is 79.9. The van der Waals surface area contributed by atoms with Crippen molar-refractivity contribution in [2.45, 2.75) is 12.8 Å². The van der Waals surface area contributed by atoms with Crippen molar-refractivity contribution in [3.8, 4) is 5.75 Å². The molecule has 2 amide bonds. The van der Waals surface area contributed by atoms with Gasteiger partial charge in [-0.25, -0.2) is 4.98 Å². The molecule has 1 N–H and O–H groups in total. The Morgan fingerprint density at radius 2 is 1.88 bits per heavy atom. The average molecular weight is 418 g/mol. The maximum Gasteiger partial charge on any atom is 0.253 e. The summed E-state index contributed by atoms with van der Waals surface area (Å²) in [6.07, 6.45) is 2.87. The van der Waals surface area contributed by atoms with Crippen molar-refractivity contribution < 1.29 is 14.3 Å². The van der Waals surface area contributed by atoms with Crippen molar-refractivity contribution in [1.82, 2.24) is 9.88 Å². The molecule has 26 heavy (non-hydrogen) atoms. The summed E-state index contributed by atoms with van der Waals surface area (Å²) < 4.78 is 6.15. The molecule has 0 saturated carbocycles. The first-order chi connectivity index (χ1) is 12.6. The highest BCUT2D eigenvalue weighted by Gasteiger charge is 2.28. The van der Waals surface area contributed by atoms with E-state index < -0.39 is 0 Å². The third-order valence-electron chi connectivity index (χ3n) is 4.48. The molecule has 0 spiro atoms. The van der Waals surface area contributed by atoms with Crippen LogP contribution in [0.1, 0.15) is 23.2 Å². The Kier molecular flexibility index (Phi) is 5.88. The lowest BCUT2D eigenvalue weighted by Gasteiger charge is -2.31. The lowest BCUT2D eigenvalue weighted by molar-refractivity contribution is -0.121. The molecule has 2 aromatic rings. The second-order valence-corrected chi connectivity index (χ2v) is 7.03. The number of pyridine rings is 1. The molecule has 1 fully saturated rings. The number of methoxy groups -OCH3 is 1. The van der Waals surface area contributed by atoms with Crippen molar-refractivity contribution in [2.75, 3.05) is 25.5 Å². The third-order valence-corrected chi connectivity index (χ3v) is 5.01. The van der Waals surface area contributed by atoms with Crippen LogP contribution in [0.3, 0.4) is 0 Å². The molecule has 0 atom stereocenters. The summed E-state index contributed by atoms with van der Waals surface area (Å²) in [5.41, 5.74) is 0.661. The molecule has 136 valence electrons. The second kappa shape index (κ2) is 8.31. The summed E-state index contributed by atoms with van der Waals surface area (Å²) in [5, 5.41) is 2.83. The number of hydrogen-bond acceptors (Lipinski definition) is 4. The molecule has 1 aliphatic heterocycles. The number of likely N-dealkylation sites (tertiary alicyclic amines) is 1. The molecule has 2 heterocycles. The van der Waals surface area contributed by atoms with Gasteiger partial charge in [-0.3, -0.25) is 9.59 Å². The van der Waals surface area contributed by atoms with E-state index in [0.29, 0.717) is 43.1 Å². The van der Waals surface area contributed by atoms with Gasteiger partial charge in [0.25, 0.3) is 5.91 Å². The number of carbonyl (C=O) groups excluding carboxylic acids is 2. The van der Waals surface area contributed by atoms with Crippen molar-refractivity contribution in [1.29, 1.82) is 0 Å². The molecule has 3 rings (SSSR count). The molecule has 1 saturated heterocycles. The van der Waals surface area contributed by atoms with Gasteiger partial charge in [0.05, 0.1) is 7.11 Å². The van der Waals surface area contributed by atoms with Crippen LogP contribution < -0.4 is 10.1 Å². The van der Waals surface area contributed by atoms with E-state index in [1.807, 2.05) is 12.1 Å². The standard InChI is InChI=1S/C19H20BrN3O3/c1-26-16-3-2-10-21-17(16)22-18(24)13-8-11-23(12-9-13)19(25)14-4-6-15(20)7-5-14/h2-7,10,13H,8-9,11-12H2,1H3,(H,21,22,24). The Morgan fingerprint density at radius 1 is 1.19 bits per heavy atom. The molecule has 0 aliphatic carbocycles. The van der Waals surface area contributed by atoms with Crippen molar-refractivity contribution in [3.05, 3.63) is 52.6 Å². The fourth-order valence-corrected chi connectivity index (χ4v) is 3.25. The van der Waals surface area contributed by atoms with Crippen LogP contribution in [0.4, 0.5) is 5.82 Å². The first-order valence-corrected chi connectivity index (χ1v) is 9.22. The van der Waals surface area contributed by atoms with E-state index in [9.17, 15) is 9.59 Å². The number of halogens is 1. The topological polar surface area (TPSA) is 71.5 Å². The van der Waals surface area contributed by atoms with Gasteiger partial charge in [0.15, 0.2) is 11.6 Å². The SMILES string of the molecule is COc1cccnc1NC(=O)C1CCN(C(=O)c2ccc(Br)cc2)CC1. The minimum absolute atomic E-state index is 0.00255. The summed E-state index contributed by atoms with van der Waals surface area (Å²) in [6.45, 7) is 1.12. The number of anilines is 1. The van der Waals surface area contributed by atoms with Crippen molar-refractivity contribution in [2.24, 2.45) is 5.92 Å². The molecule has 7 heteroatoms. The molecule has 1 aromatic carbocycles. The molecule has 0 unspecified atom stereocenters. The molecule has 1 aromatic heterocycles. The van der Waals surface area contributed by atoms with Crippen LogP contribution in [-0.2, 0) is 4.79 Å². The number of aromatic nitrogens is 1. The van der Waals surface area contributed by atoms with Crippen LogP contribution >= 0.6 is 15.9 Å². The van der Waals surface area contributed by atoms with Crippen LogP contribution in [0.5, 0.6) is 5.75 Å². The Labute approximate surface area is 160 Å². The van der Waals surface area contributed by atoms with Gasteiger partial charge in [-0.15, -0.1) is 0 Å². The summed E-state index contributed by atoms with van der Waals surface area (Å²) in [4.78, 5) is 31.0. The zero-order valence-electron chi connectivity index (χ0n) is 14.4. The van der Waals surface area contributed by atoms with Gasteiger partial charge in [-0.1, -0.05) is 15.9 Å². The minimum atomic E-state index is -0.143. The summed E-state index contributed by atoms with van der Waals surface area (Å²) >= 11 is 3.37. The Bertz CT molecular complexity index is 787. The average Bonchev–Trinajstić information content (AvgIpc) is 2.68. The Hall–Kier alpha value is -2.41. The number of rotatable bonds is 4. The van der Waals surface area contributed by atoms with Gasteiger partial charge in [0.2, 0.25) is 5.91 Å². The quantitative estimate of drug-likeness (QED) is 0.827. The Balaban J connectivity index is 1.57. The number of nitrogens with zero attached hydrogens (tertiary/aromatic N) is 2. The van der Waals surface area contributed by atoms with E-state index in [2.05, 4.69) is 26.2 Å². The smallest absolute Gasteiger partial charge is 0.253 e. The largest absolute Gasteiger partial charge is 0.493 e. The number of amides is 2. The molecule has 0 radical (unpaired) electrons. The Morgan fingerprint density at radius 3 is 2.54 bits per heavy atom. The highest BCUT2D eigenvalue weighted by molar-refractivity contribution is 9.10. The maximum absolute atomic E-state index is 12.5.